The topological polar surface area (TPSA) is 133 Å². The van der Waals surface area contributed by atoms with Crippen LogP contribution in [-0.4, -0.2) is 33.3 Å². The van der Waals surface area contributed by atoms with Crippen molar-refractivity contribution in [2.45, 2.75) is 46.7 Å². The van der Waals surface area contributed by atoms with Gasteiger partial charge in [-0.05, 0) is 56.5 Å². The van der Waals surface area contributed by atoms with E-state index in [1.165, 1.54) is 11.5 Å². The van der Waals surface area contributed by atoms with Gasteiger partial charge in [0.05, 0.1) is 5.69 Å². The number of hydrogen-bond acceptors (Lipinski definition) is 8. The van der Waals surface area contributed by atoms with E-state index in [2.05, 4.69) is 20.6 Å². The summed E-state index contributed by atoms with van der Waals surface area (Å²) in [7, 11) is 0. The Bertz CT molecular complexity index is 1300. The Morgan fingerprint density at radius 2 is 2.00 bits per heavy atom. The number of anilines is 2. The Hall–Kier alpha value is -4.08. The van der Waals surface area contributed by atoms with E-state index in [4.69, 9.17) is 15.2 Å². The van der Waals surface area contributed by atoms with Crippen LogP contribution >= 0.6 is 0 Å². The van der Waals surface area contributed by atoms with E-state index >= 15 is 0 Å². The van der Waals surface area contributed by atoms with Gasteiger partial charge in [-0.25, -0.2) is 9.97 Å². The lowest BCUT2D eigenvalue weighted by atomic mass is 10.1. The SMILES string of the molecule is CC(=O)NCc1cc(-n2c(C)cnc(NC(C)Cc3ccc4c(c3)OCO4)c2=O)c(N)nc1C. The Kier molecular flexibility index (Phi) is 6.40. The number of benzene rings is 1. The highest BCUT2D eigenvalue weighted by Crippen LogP contribution is 2.32. The fourth-order valence-corrected chi connectivity index (χ4v) is 3.87. The average molecular weight is 465 g/mol. The number of nitrogens with zero attached hydrogens (tertiary/aromatic N) is 3. The second-order valence-electron chi connectivity index (χ2n) is 8.37. The summed E-state index contributed by atoms with van der Waals surface area (Å²) in [5.74, 6) is 1.73. The molecule has 2 aromatic heterocycles. The van der Waals surface area contributed by atoms with Crippen LogP contribution in [0, 0.1) is 13.8 Å². The van der Waals surface area contributed by atoms with Crippen LogP contribution in [0.5, 0.6) is 11.5 Å². The van der Waals surface area contributed by atoms with E-state index in [0.717, 1.165) is 22.6 Å². The van der Waals surface area contributed by atoms with E-state index in [1.54, 1.807) is 19.2 Å². The molecule has 1 unspecified atom stereocenters. The summed E-state index contributed by atoms with van der Waals surface area (Å²) in [5.41, 5.74) is 9.42. The summed E-state index contributed by atoms with van der Waals surface area (Å²) in [6, 6.07) is 7.49. The number of nitrogens with one attached hydrogen (secondary N) is 2. The first-order valence-electron chi connectivity index (χ1n) is 11.0. The van der Waals surface area contributed by atoms with Gasteiger partial charge in [0.1, 0.15) is 5.82 Å². The van der Waals surface area contributed by atoms with Gasteiger partial charge in [0.2, 0.25) is 12.7 Å². The molecule has 0 fully saturated rings. The van der Waals surface area contributed by atoms with Crippen molar-refractivity contribution in [2.75, 3.05) is 17.8 Å². The second kappa shape index (κ2) is 9.42. The zero-order valence-electron chi connectivity index (χ0n) is 19.6. The standard InChI is InChI=1S/C24H28N6O4/c1-13(7-17-5-6-20-21(8-17)34-12-33-20)28-23-24(32)30(14(2)10-27-23)19-9-18(11-26-16(4)31)15(3)29-22(19)25/h5-6,8-10,13H,7,11-12H2,1-4H3,(H2,25,29)(H,26,31)(H,27,28). The molecule has 10 heteroatoms. The quantitative estimate of drug-likeness (QED) is 0.485. The molecule has 0 bridgehead atoms. The average Bonchev–Trinajstić information content (AvgIpc) is 3.24. The predicted molar refractivity (Wildman–Crippen MR) is 128 cm³/mol. The number of nitrogen functional groups attached to an aromatic ring is 1. The maximum atomic E-state index is 13.4. The van der Waals surface area contributed by atoms with E-state index in [0.29, 0.717) is 23.5 Å². The molecule has 4 N–H and O–H groups in total. The number of aromatic nitrogens is 3. The first-order chi connectivity index (χ1) is 16.2. The Morgan fingerprint density at radius 1 is 1.24 bits per heavy atom. The first-order valence-corrected chi connectivity index (χ1v) is 11.0. The second-order valence-corrected chi connectivity index (χ2v) is 8.37. The monoisotopic (exact) mass is 464 g/mol. The molecule has 0 saturated carbocycles. The van der Waals surface area contributed by atoms with Gasteiger partial charge in [0, 0.05) is 37.1 Å². The third-order valence-electron chi connectivity index (χ3n) is 5.60. The molecule has 0 saturated heterocycles. The maximum absolute atomic E-state index is 13.4. The van der Waals surface area contributed by atoms with Crippen LogP contribution in [0.25, 0.3) is 5.69 Å². The Balaban J connectivity index is 1.60. The Morgan fingerprint density at radius 3 is 2.76 bits per heavy atom. The number of carbonyl (C=O) groups is 1. The molecule has 178 valence electrons. The van der Waals surface area contributed by atoms with E-state index < -0.39 is 0 Å². The number of nitrogens with two attached hydrogens (primary N) is 1. The maximum Gasteiger partial charge on any atom is 0.298 e. The lowest BCUT2D eigenvalue weighted by molar-refractivity contribution is -0.119. The summed E-state index contributed by atoms with van der Waals surface area (Å²) in [6.45, 7) is 7.52. The molecule has 0 spiro atoms. The summed E-state index contributed by atoms with van der Waals surface area (Å²) >= 11 is 0. The van der Waals surface area contributed by atoms with Crippen LogP contribution in [0.2, 0.25) is 0 Å². The highest BCUT2D eigenvalue weighted by molar-refractivity contribution is 5.73. The van der Waals surface area contributed by atoms with E-state index in [-0.39, 0.29) is 42.5 Å². The number of aryl methyl sites for hydroxylation is 2. The number of carbonyl (C=O) groups excluding carboxylic acids is 1. The molecule has 34 heavy (non-hydrogen) atoms. The van der Waals surface area contributed by atoms with Gasteiger partial charge in [-0.1, -0.05) is 6.07 Å². The number of fused-ring (bicyclic) bond motifs is 1. The minimum atomic E-state index is -0.333. The lowest BCUT2D eigenvalue weighted by Gasteiger charge is -2.18. The van der Waals surface area contributed by atoms with E-state index in [1.807, 2.05) is 32.0 Å². The highest BCUT2D eigenvalue weighted by atomic mass is 16.7. The Labute approximate surface area is 197 Å². The van der Waals surface area contributed by atoms with Crippen LogP contribution in [0.4, 0.5) is 11.6 Å². The number of rotatable bonds is 7. The lowest BCUT2D eigenvalue weighted by Crippen LogP contribution is -2.30. The van der Waals surface area contributed by atoms with Gasteiger partial charge in [0.25, 0.3) is 5.56 Å². The summed E-state index contributed by atoms with van der Waals surface area (Å²) < 4.78 is 12.3. The predicted octanol–water partition coefficient (Wildman–Crippen LogP) is 2.23. The highest BCUT2D eigenvalue weighted by Gasteiger charge is 2.18. The van der Waals surface area contributed by atoms with Crippen LogP contribution < -0.4 is 31.4 Å². The van der Waals surface area contributed by atoms with Crippen molar-refractivity contribution in [3.8, 4) is 17.2 Å². The molecule has 3 aromatic rings. The van der Waals surface area contributed by atoms with Gasteiger partial charge in [0.15, 0.2) is 17.3 Å². The van der Waals surface area contributed by atoms with Crippen molar-refractivity contribution in [1.82, 2.24) is 19.9 Å². The van der Waals surface area contributed by atoms with Gasteiger partial charge in [-0.3, -0.25) is 14.2 Å². The molecule has 1 atom stereocenters. The molecule has 1 aliphatic heterocycles. The molecule has 1 amide bonds. The molecular weight excluding hydrogens is 436 g/mol. The number of hydrogen-bond donors (Lipinski definition) is 3. The minimum absolute atomic E-state index is 0.0828. The van der Waals surface area contributed by atoms with Gasteiger partial charge < -0.3 is 25.8 Å². The van der Waals surface area contributed by atoms with Crippen LogP contribution in [0.3, 0.4) is 0 Å². The van der Waals surface area contributed by atoms with Crippen molar-refractivity contribution in [2.24, 2.45) is 0 Å². The smallest absolute Gasteiger partial charge is 0.298 e. The van der Waals surface area contributed by atoms with Crippen molar-refractivity contribution < 1.29 is 14.3 Å². The first kappa shape index (κ1) is 23.1. The molecule has 1 aromatic carbocycles. The van der Waals surface area contributed by atoms with Gasteiger partial charge in [-0.2, -0.15) is 0 Å². The fourth-order valence-electron chi connectivity index (χ4n) is 3.87. The molecule has 4 rings (SSSR count). The third-order valence-corrected chi connectivity index (χ3v) is 5.60. The molecule has 3 heterocycles. The van der Waals surface area contributed by atoms with Crippen LogP contribution in [0.1, 0.15) is 36.4 Å². The van der Waals surface area contributed by atoms with Crippen molar-refractivity contribution in [3.05, 3.63) is 63.3 Å². The number of amides is 1. The van der Waals surface area contributed by atoms with Crippen LogP contribution in [-0.2, 0) is 17.8 Å². The largest absolute Gasteiger partial charge is 0.454 e. The zero-order chi connectivity index (χ0) is 24.4. The third kappa shape index (κ3) is 4.80. The van der Waals surface area contributed by atoms with Crippen LogP contribution in [0.15, 0.2) is 35.3 Å². The van der Waals surface area contributed by atoms with Gasteiger partial charge in [-0.15, -0.1) is 0 Å². The molecule has 1 aliphatic rings. The van der Waals surface area contributed by atoms with Gasteiger partial charge >= 0.3 is 0 Å². The zero-order valence-corrected chi connectivity index (χ0v) is 19.6. The molecule has 0 aliphatic carbocycles. The van der Waals surface area contributed by atoms with Crippen molar-refractivity contribution in [1.29, 1.82) is 0 Å². The summed E-state index contributed by atoms with van der Waals surface area (Å²) in [5, 5.41) is 5.97. The normalized spacial score (nSPS) is 12.9. The molecule has 10 nitrogen and oxygen atoms in total. The molecule has 0 radical (unpaired) electrons. The summed E-state index contributed by atoms with van der Waals surface area (Å²) in [4.78, 5) is 33.5. The van der Waals surface area contributed by atoms with E-state index in [9.17, 15) is 9.59 Å². The fraction of sp³-hybridized carbons (Fsp3) is 0.333. The summed E-state index contributed by atoms with van der Waals surface area (Å²) in [6.07, 6.45) is 2.27. The molecular formula is C24H28N6O4. The van der Waals surface area contributed by atoms with Crippen molar-refractivity contribution >= 4 is 17.5 Å². The number of ether oxygens (including phenoxy) is 2. The minimum Gasteiger partial charge on any atom is -0.454 e. The number of pyridine rings is 1. The van der Waals surface area contributed by atoms with Crippen molar-refractivity contribution in [3.63, 3.8) is 0 Å².